The van der Waals surface area contributed by atoms with Gasteiger partial charge in [0, 0.05) is 40.2 Å². The van der Waals surface area contributed by atoms with E-state index in [1.165, 1.54) is 22.3 Å². The molecule has 2 unspecified atom stereocenters. The molecular formula is C48H58N2O4. The molecule has 0 spiro atoms. The SMILES string of the molecule is CCOC(=O)C(CC(=O)c1ccccc1)C(/C=C(\[O-])C1=[N+](c2c(C(C)C)cccc2C(C)C)CCN1c1c(C(C)C)cccc1C(C)C)c1ccccc1. The van der Waals surface area contributed by atoms with Gasteiger partial charge in [-0.3, -0.25) is 9.59 Å². The summed E-state index contributed by atoms with van der Waals surface area (Å²) >= 11 is 0. The van der Waals surface area contributed by atoms with E-state index in [2.05, 4.69) is 101 Å². The van der Waals surface area contributed by atoms with Gasteiger partial charge in [-0.25, -0.2) is 9.48 Å². The third-order valence-corrected chi connectivity index (χ3v) is 10.5. The van der Waals surface area contributed by atoms with Crippen molar-refractivity contribution in [3.8, 4) is 0 Å². The number of para-hydroxylation sites is 2. The minimum absolute atomic E-state index is 0.101. The summed E-state index contributed by atoms with van der Waals surface area (Å²) in [5.41, 5.74) is 8.20. The number of amidine groups is 1. The van der Waals surface area contributed by atoms with Gasteiger partial charge in [-0.2, -0.15) is 0 Å². The number of ketones is 1. The van der Waals surface area contributed by atoms with Crippen molar-refractivity contribution >= 4 is 29.0 Å². The van der Waals surface area contributed by atoms with Crippen molar-refractivity contribution < 1.29 is 24.0 Å². The van der Waals surface area contributed by atoms with Crippen LogP contribution in [0, 0.1) is 5.92 Å². The predicted molar refractivity (Wildman–Crippen MR) is 219 cm³/mol. The molecule has 5 rings (SSSR count). The Morgan fingerprint density at radius 2 is 1.22 bits per heavy atom. The number of hydrogen-bond acceptors (Lipinski definition) is 5. The zero-order chi connectivity index (χ0) is 39.1. The summed E-state index contributed by atoms with van der Waals surface area (Å²) in [7, 11) is 0. The average Bonchev–Trinajstić information content (AvgIpc) is 3.60. The van der Waals surface area contributed by atoms with Crippen molar-refractivity contribution in [1.82, 2.24) is 0 Å². The van der Waals surface area contributed by atoms with E-state index in [0.717, 1.165) is 16.9 Å². The minimum Gasteiger partial charge on any atom is -0.867 e. The van der Waals surface area contributed by atoms with Gasteiger partial charge in [0.25, 0.3) is 5.84 Å². The lowest BCUT2D eigenvalue weighted by Gasteiger charge is -2.29. The number of benzene rings is 4. The van der Waals surface area contributed by atoms with Crippen LogP contribution in [-0.2, 0) is 9.53 Å². The molecule has 6 heteroatoms. The highest BCUT2D eigenvalue weighted by Gasteiger charge is 2.40. The van der Waals surface area contributed by atoms with Crippen molar-refractivity contribution in [2.75, 3.05) is 24.6 Å². The molecule has 0 radical (unpaired) electrons. The fourth-order valence-corrected chi connectivity index (χ4v) is 7.81. The molecule has 0 aromatic heterocycles. The molecule has 0 saturated carbocycles. The van der Waals surface area contributed by atoms with E-state index < -0.39 is 17.8 Å². The van der Waals surface area contributed by atoms with Gasteiger partial charge in [0.1, 0.15) is 24.5 Å². The first kappa shape index (κ1) is 40.2. The molecule has 4 aromatic carbocycles. The maximum absolute atomic E-state index is 15.5. The topological polar surface area (TPSA) is 72.7 Å². The van der Waals surface area contributed by atoms with Gasteiger partial charge in [-0.15, -0.1) is 0 Å². The van der Waals surface area contributed by atoms with Gasteiger partial charge in [-0.05, 0) is 41.9 Å². The molecule has 0 amide bonds. The number of hydrogen-bond donors (Lipinski definition) is 0. The highest BCUT2D eigenvalue weighted by Crippen LogP contribution is 2.41. The zero-order valence-corrected chi connectivity index (χ0v) is 33.6. The number of nitrogens with zero attached hydrogens (tertiary/aromatic N) is 2. The van der Waals surface area contributed by atoms with Crippen LogP contribution in [0.25, 0.3) is 0 Å². The van der Waals surface area contributed by atoms with Crippen LogP contribution in [0.3, 0.4) is 0 Å². The Morgan fingerprint density at radius 3 is 1.72 bits per heavy atom. The van der Waals surface area contributed by atoms with E-state index >= 15 is 5.11 Å². The fraction of sp³-hybridized carbons (Fsp3) is 0.396. The Kier molecular flexibility index (Phi) is 13.3. The van der Waals surface area contributed by atoms with Gasteiger partial charge < -0.3 is 9.84 Å². The Bertz CT molecular complexity index is 1920. The van der Waals surface area contributed by atoms with Gasteiger partial charge in [0.15, 0.2) is 5.78 Å². The second kappa shape index (κ2) is 17.9. The number of Topliss-reactive ketones (excluding diaryl/α,β-unsaturated/α-hetero) is 1. The highest BCUT2D eigenvalue weighted by molar-refractivity contribution is 6.07. The monoisotopic (exact) mass is 726 g/mol. The molecule has 6 nitrogen and oxygen atoms in total. The summed E-state index contributed by atoms with van der Waals surface area (Å²) in [6.07, 6.45) is 1.59. The van der Waals surface area contributed by atoms with E-state index in [1.54, 1.807) is 25.1 Å². The largest absolute Gasteiger partial charge is 0.867 e. The molecule has 0 N–H and O–H groups in total. The van der Waals surface area contributed by atoms with Crippen molar-refractivity contribution in [1.29, 1.82) is 0 Å². The third-order valence-electron chi connectivity index (χ3n) is 10.5. The Hall–Kier alpha value is -4.97. The van der Waals surface area contributed by atoms with Crippen LogP contribution in [0.15, 0.2) is 109 Å². The van der Waals surface area contributed by atoms with Crippen LogP contribution in [0.2, 0.25) is 0 Å². The summed E-state index contributed by atoms with van der Waals surface area (Å²) in [5.74, 6) is -1.06. The van der Waals surface area contributed by atoms with Gasteiger partial charge >= 0.3 is 5.97 Å². The number of carbonyl (C=O) groups excluding carboxylic acids is 2. The maximum atomic E-state index is 15.5. The summed E-state index contributed by atoms with van der Waals surface area (Å²) in [6, 6.07) is 31.6. The van der Waals surface area contributed by atoms with Crippen molar-refractivity contribution in [3.63, 3.8) is 0 Å². The summed E-state index contributed by atoms with van der Waals surface area (Å²) < 4.78 is 7.89. The van der Waals surface area contributed by atoms with E-state index in [4.69, 9.17) is 4.74 Å². The molecule has 4 aromatic rings. The smallest absolute Gasteiger partial charge is 0.310 e. The normalized spacial score (nSPS) is 14.8. The second-order valence-corrected chi connectivity index (χ2v) is 15.6. The molecule has 0 aliphatic carbocycles. The summed E-state index contributed by atoms with van der Waals surface area (Å²) in [5, 5.41) is 15.5. The lowest BCUT2D eigenvalue weighted by atomic mass is 9.81. The third kappa shape index (κ3) is 8.70. The molecule has 0 saturated heterocycles. The van der Waals surface area contributed by atoms with Crippen molar-refractivity contribution in [2.45, 2.75) is 98.3 Å². The van der Waals surface area contributed by atoms with E-state index in [0.29, 0.717) is 24.5 Å². The molecule has 284 valence electrons. The predicted octanol–water partition coefficient (Wildman–Crippen LogP) is 10.2. The van der Waals surface area contributed by atoms with Crippen molar-refractivity contribution in [2.24, 2.45) is 5.92 Å². The van der Waals surface area contributed by atoms with E-state index in [9.17, 15) is 9.59 Å². The fourth-order valence-electron chi connectivity index (χ4n) is 7.81. The van der Waals surface area contributed by atoms with Gasteiger partial charge in [0.05, 0.1) is 12.5 Å². The number of esters is 1. The first-order valence-corrected chi connectivity index (χ1v) is 19.7. The number of ether oxygens (including phenoxy) is 1. The van der Waals surface area contributed by atoms with Crippen LogP contribution >= 0.6 is 0 Å². The van der Waals surface area contributed by atoms with Crippen LogP contribution in [-0.4, -0.2) is 41.9 Å². The number of carbonyl (C=O) groups is 2. The minimum atomic E-state index is -0.920. The standard InChI is InChI=1S/C48H58N2O4/c1-10-54-48(53)42(30-43(51)36-21-15-12-16-22-36)41(35-19-13-11-14-20-35)29-44(52)47-49(45-37(31(2)3)23-17-24-38(45)32(4)5)27-28-50(47)46-39(33(6)7)25-18-26-40(46)34(8)9/h11-26,29,31-34,41-42H,10,27-28,30H2,1-9H3/b44-29-. The van der Waals surface area contributed by atoms with Crippen LogP contribution in [0.1, 0.15) is 136 Å². The van der Waals surface area contributed by atoms with E-state index in [1.807, 2.05) is 48.5 Å². The average molecular weight is 727 g/mol. The quantitative estimate of drug-likeness (QED) is 0.0528. The molecule has 1 heterocycles. The molecule has 0 bridgehead atoms. The molecule has 2 atom stereocenters. The molecule has 1 aliphatic heterocycles. The van der Waals surface area contributed by atoms with Crippen molar-refractivity contribution in [3.05, 3.63) is 142 Å². The lowest BCUT2D eigenvalue weighted by Crippen LogP contribution is -2.37. The number of allylic oxidation sites excluding steroid dienone is 1. The number of rotatable bonds is 15. The molecule has 1 aliphatic rings. The van der Waals surface area contributed by atoms with Gasteiger partial charge in [-0.1, -0.05) is 159 Å². The van der Waals surface area contributed by atoms with Crippen LogP contribution in [0.5, 0.6) is 0 Å². The molecule has 54 heavy (non-hydrogen) atoms. The second-order valence-electron chi connectivity index (χ2n) is 15.6. The van der Waals surface area contributed by atoms with Crippen LogP contribution in [0.4, 0.5) is 11.4 Å². The van der Waals surface area contributed by atoms with Crippen LogP contribution < -0.4 is 10.0 Å². The molecular weight excluding hydrogens is 669 g/mol. The number of anilines is 1. The maximum Gasteiger partial charge on any atom is 0.310 e. The van der Waals surface area contributed by atoms with E-state index in [-0.39, 0.29) is 48.2 Å². The highest BCUT2D eigenvalue weighted by atomic mass is 16.5. The summed E-state index contributed by atoms with van der Waals surface area (Å²) in [4.78, 5) is 30.0. The van der Waals surface area contributed by atoms with Gasteiger partial charge in [0.2, 0.25) is 0 Å². The molecule has 0 fully saturated rings. The Labute approximate surface area is 323 Å². The first-order valence-electron chi connectivity index (χ1n) is 19.7. The first-order chi connectivity index (χ1) is 25.8. The lowest BCUT2D eigenvalue weighted by molar-refractivity contribution is -0.436. The Morgan fingerprint density at radius 1 is 0.722 bits per heavy atom. The zero-order valence-electron chi connectivity index (χ0n) is 33.6. The Balaban J connectivity index is 1.83. The summed E-state index contributed by atoms with van der Waals surface area (Å²) in [6.45, 7) is 20.8.